The van der Waals surface area contributed by atoms with E-state index in [4.69, 9.17) is 18.9 Å². The smallest absolute Gasteiger partial charge is 0.257 e. The summed E-state index contributed by atoms with van der Waals surface area (Å²) in [7, 11) is 6.31. The van der Waals surface area contributed by atoms with Crippen molar-refractivity contribution in [2.24, 2.45) is 0 Å². The third-order valence-electron chi connectivity index (χ3n) is 6.03. The first-order valence-corrected chi connectivity index (χ1v) is 10.4. The first-order chi connectivity index (χ1) is 15.5. The molecule has 1 aromatic heterocycles. The molecule has 0 radical (unpaired) electrons. The van der Waals surface area contributed by atoms with Gasteiger partial charge in [-0.15, -0.1) is 0 Å². The number of fused-ring (bicyclic) bond motifs is 3. The Morgan fingerprint density at radius 2 is 1.53 bits per heavy atom. The molecule has 2 aromatic carbocycles. The molecule has 0 saturated heterocycles. The fourth-order valence-corrected chi connectivity index (χ4v) is 4.42. The van der Waals surface area contributed by atoms with Crippen molar-refractivity contribution in [3.8, 4) is 51.1 Å². The van der Waals surface area contributed by atoms with Gasteiger partial charge in [0.2, 0.25) is 0 Å². The van der Waals surface area contributed by atoms with E-state index in [-0.39, 0.29) is 11.3 Å². The van der Waals surface area contributed by atoms with Crippen LogP contribution in [-0.4, -0.2) is 38.1 Å². The average Bonchev–Trinajstić information content (AvgIpc) is 2.83. The number of rotatable bonds is 6. The van der Waals surface area contributed by atoms with Gasteiger partial charge < -0.3 is 28.6 Å². The van der Waals surface area contributed by atoms with E-state index in [0.29, 0.717) is 59.2 Å². The normalized spacial score (nSPS) is 12.0. The molecule has 0 unspecified atom stereocenters. The Kier molecular flexibility index (Phi) is 5.74. The molecule has 3 aromatic rings. The number of benzene rings is 2. The lowest BCUT2D eigenvalue weighted by atomic mass is 9.89. The van der Waals surface area contributed by atoms with Crippen molar-refractivity contribution in [3.05, 3.63) is 51.8 Å². The number of pyridine rings is 1. The predicted molar refractivity (Wildman–Crippen MR) is 123 cm³/mol. The molecule has 1 aliphatic heterocycles. The van der Waals surface area contributed by atoms with Gasteiger partial charge in [-0.1, -0.05) is 13.0 Å². The Bertz CT molecular complexity index is 1240. The van der Waals surface area contributed by atoms with Gasteiger partial charge in [0.25, 0.3) is 5.56 Å². The second-order valence-corrected chi connectivity index (χ2v) is 7.55. The van der Waals surface area contributed by atoms with Gasteiger partial charge in [-0.25, -0.2) is 0 Å². The zero-order valence-electron chi connectivity index (χ0n) is 18.9. The number of ether oxygens (including phenoxy) is 4. The summed E-state index contributed by atoms with van der Waals surface area (Å²) >= 11 is 0. The van der Waals surface area contributed by atoms with Crippen LogP contribution in [0.4, 0.5) is 0 Å². The molecule has 32 heavy (non-hydrogen) atoms. The van der Waals surface area contributed by atoms with Crippen molar-refractivity contribution in [1.82, 2.24) is 4.57 Å². The molecule has 7 nitrogen and oxygen atoms in total. The van der Waals surface area contributed by atoms with E-state index in [0.717, 1.165) is 16.7 Å². The Hall–Kier alpha value is -3.61. The third kappa shape index (κ3) is 3.25. The number of hydrogen-bond acceptors (Lipinski definition) is 6. The molecule has 0 saturated carbocycles. The summed E-state index contributed by atoms with van der Waals surface area (Å²) in [6.45, 7) is 2.37. The fourth-order valence-electron chi connectivity index (χ4n) is 4.42. The van der Waals surface area contributed by atoms with Crippen molar-refractivity contribution in [2.75, 3.05) is 28.4 Å². The van der Waals surface area contributed by atoms with Gasteiger partial charge >= 0.3 is 0 Å². The van der Waals surface area contributed by atoms with E-state index in [1.54, 1.807) is 39.1 Å². The summed E-state index contributed by atoms with van der Waals surface area (Å²) in [6.07, 6.45) is 1.09. The Morgan fingerprint density at radius 3 is 2.16 bits per heavy atom. The van der Waals surface area contributed by atoms with Gasteiger partial charge in [0, 0.05) is 17.7 Å². The van der Waals surface area contributed by atoms with Crippen LogP contribution in [0.1, 0.15) is 18.1 Å². The zero-order chi connectivity index (χ0) is 23.0. The van der Waals surface area contributed by atoms with Crippen molar-refractivity contribution in [3.63, 3.8) is 0 Å². The molecule has 0 spiro atoms. The Balaban J connectivity index is 2.10. The van der Waals surface area contributed by atoms with Gasteiger partial charge in [0.05, 0.1) is 39.7 Å². The molecule has 1 N–H and O–H groups in total. The van der Waals surface area contributed by atoms with E-state index in [9.17, 15) is 9.90 Å². The van der Waals surface area contributed by atoms with Gasteiger partial charge in [0.1, 0.15) is 5.75 Å². The van der Waals surface area contributed by atoms with Crippen LogP contribution in [0, 0.1) is 0 Å². The lowest BCUT2D eigenvalue weighted by molar-refractivity contribution is 0.354. The Labute approximate surface area is 186 Å². The van der Waals surface area contributed by atoms with Crippen molar-refractivity contribution >= 4 is 0 Å². The molecule has 2 heterocycles. The van der Waals surface area contributed by atoms with E-state index in [1.165, 1.54) is 0 Å². The highest BCUT2D eigenvalue weighted by molar-refractivity contribution is 5.89. The van der Waals surface area contributed by atoms with E-state index < -0.39 is 0 Å². The minimum atomic E-state index is -0.176. The van der Waals surface area contributed by atoms with Crippen LogP contribution < -0.4 is 24.5 Å². The largest absolute Gasteiger partial charge is 0.507 e. The monoisotopic (exact) mass is 437 g/mol. The predicted octanol–water partition coefficient (Wildman–Crippen LogP) is 4.04. The summed E-state index contributed by atoms with van der Waals surface area (Å²) < 4.78 is 23.6. The molecule has 0 aliphatic carbocycles. The quantitative estimate of drug-likeness (QED) is 0.627. The van der Waals surface area contributed by atoms with Crippen LogP contribution in [-0.2, 0) is 19.4 Å². The molecule has 1 aliphatic rings. The zero-order valence-corrected chi connectivity index (χ0v) is 18.9. The van der Waals surface area contributed by atoms with Crippen molar-refractivity contribution < 1.29 is 24.1 Å². The number of hydrogen-bond donors (Lipinski definition) is 1. The number of methoxy groups -OCH3 is 4. The topological polar surface area (TPSA) is 79.2 Å². The number of nitrogens with zero attached hydrogens (tertiary/aromatic N) is 1. The highest BCUT2D eigenvalue weighted by Crippen LogP contribution is 2.46. The summed E-state index contributed by atoms with van der Waals surface area (Å²) in [4.78, 5) is 13.3. The maximum atomic E-state index is 13.3. The maximum Gasteiger partial charge on any atom is 0.257 e. The molecule has 0 fully saturated rings. The summed E-state index contributed by atoms with van der Waals surface area (Å²) in [6, 6.07) is 9.27. The minimum Gasteiger partial charge on any atom is -0.507 e. The summed E-state index contributed by atoms with van der Waals surface area (Å²) in [5.41, 5.74) is 4.02. The van der Waals surface area contributed by atoms with Crippen molar-refractivity contribution in [2.45, 2.75) is 26.3 Å². The van der Waals surface area contributed by atoms with Crippen molar-refractivity contribution in [1.29, 1.82) is 0 Å². The second kappa shape index (κ2) is 8.49. The van der Waals surface area contributed by atoms with E-state index in [2.05, 4.69) is 0 Å². The van der Waals surface area contributed by atoms with E-state index >= 15 is 0 Å². The van der Waals surface area contributed by atoms with Crippen LogP contribution in [0.25, 0.3) is 22.4 Å². The lowest BCUT2D eigenvalue weighted by Crippen LogP contribution is -2.29. The SMILES string of the molecule is CCc1c(O)c(-c2ccc(OC)c(OC)c2)c2n(c1=O)CCc1cc(OC)c(OC)cc1-2. The highest BCUT2D eigenvalue weighted by atomic mass is 16.5. The molecule has 0 atom stereocenters. The van der Waals surface area contributed by atoms with Crippen LogP contribution in [0.5, 0.6) is 28.7 Å². The molecule has 4 rings (SSSR count). The van der Waals surface area contributed by atoms with Gasteiger partial charge in [-0.2, -0.15) is 0 Å². The molecular weight excluding hydrogens is 410 g/mol. The number of aromatic hydroxyl groups is 1. The van der Waals surface area contributed by atoms with Crippen LogP contribution >= 0.6 is 0 Å². The van der Waals surface area contributed by atoms with E-state index in [1.807, 2.05) is 31.2 Å². The molecule has 0 amide bonds. The van der Waals surface area contributed by atoms with Crippen LogP contribution in [0.3, 0.4) is 0 Å². The summed E-state index contributed by atoms with van der Waals surface area (Å²) in [5.74, 6) is 2.29. The average molecular weight is 437 g/mol. The highest BCUT2D eigenvalue weighted by Gasteiger charge is 2.28. The lowest BCUT2D eigenvalue weighted by Gasteiger charge is -2.27. The molecule has 7 heteroatoms. The minimum absolute atomic E-state index is 0.0152. The Morgan fingerprint density at radius 1 is 0.906 bits per heavy atom. The maximum absolute atomic E-state index is 13.3. The van der Waals surface area contributed by atoms with Gasteiger partial charge in [0.15, 0.2) is 23.0 Å². The number of aromatic nitrogens is 1. The standard InChI is InChI=1S/C25H27NO6/c1-6-16-24(27)22(15-7-8-18(29-2)19(12-15)30-3)23-17-13-21(32-5)20(31-4)11-14(17)9-10-26(23)25(16)28/h7-8,11-13,27H,6,9-10H2,1-5H3. The summed E-state index contributed by atoms with van der Waals surface area (Å²) in [5, 5.41) is 11.3. The number of aryl methyl sites for hydroxylation is 1. The molecular formula is C25H27NO6. The fraction of sp³-hybridized carbons (Fsp3) is 0.320. The second-order valence-electron chi connectivity index (χ2n) is 7.55. The first kappa shape index (κ1) is 21.6. The van der Waals surface area contributed by atoms with Crippen LogP contribution in [0.2, 0.25) is 0 Å². The first-order valence-electron chi connectivity index (χ1n) is 10.4. The molecule has 168 valence electrons. The third-order valence-corrected chi connectivity index (χ3v) is 6.03. The van der Waals surface area contributed by atoms with Gasteiger partial charge in [-0.05, 0) is 48.2 Å². The van der Waals surface area contributed by atoms with Gasteiger partial charge in [-0.3, -0.25) is 4.79 Å². The van der Waals surface area contributed by atoms with Crippen LogP contribution in [0.15, 0.2) is 35.1 Å². The molecule has 0 bridgehead atoms.